The van der Waals surface area contributed by atoms with Gasteiger partial charge in [0.05, 0.1) is 19.2 Å². The molecule has 1 aromatic heterocycles. The zero-order valence-electron chi connectivity index (χ0n) is 14.2. The summed E-state index contributed by atoms with van der Waals surface area (Å²) in [6.45, 7) is 1.27. The Hall–Kier alpha value is -1.99. The third-order valence-electron chi connectivity index (χ3n) is 4.64. The smallest absolute Gasteiger partial charge is 0.173 e. The Morgan fingerprint density at radius 2 is 2.00 bits per heavy atom. The highest BCUT2D eigenvalue weighted by molar-refractivity contribution is 5.31. The molecule has 7 nitrogen and oxygen atoms in total. The van der Waals surface area contributed by atoms with Crippen LogP contribution in [0.15, 0.2) is 24.3 Å². The maximum atomic E-state index is 5.69. The van der Waals surface area contributed by atoms with Gasteiger partial charge in [0.2, 0.25) is 0 Å². The number of hydrogen-bond acceptors (Lipinski definition) is 6. The van der Waals surface area contributed by atoms with Gasteiger partial charge in [0.1, 0.15) is 5.75 Å². The predicted octanol–water partition coefficient (Wildman–Crippen LogP) is 1.82. The molecule has 0 amide bonds. The van der Waals surface area contributed by atoms with Gasteiger partial charge < -0.3 is 15.8 Å². The van der Waals surface area contributed by atoms with Crippen LogP contribution in [0.25, 0.3) is 0 Å². The molecule has 3 N–H and O–H groups in total. The Balaban J connectivity index is 1.89. The third-order valence-corrected chi connectivity index (χ3v) is 4.64. The fourth-order valence-corrected chi connectivity index (χ4v) is 3.36. The van der Waals surface area contributed by atoms with Crippen LogP contribution in [-0.2, 0) is 0 Å². The van der Waals surface area contributed by atoms with Crippen LogP contribution in [0, 0.1) is 0 Å². The lowest BCUT2D eigenvalue weighted by atomic mass is 9.95. The first kappa shape index (κ1) is 16.9. The van der Waals surface area contributed by atoms with E-state index in [2.05, 4.69) is 20.8 Å². The molecule has 0 bridgehead atoms. The monoisotopic (exact) mass is 330 g/mol. The average Bonchev–Trinajstić information content (AvgIpc) is 3.13. The van der Waals surface area contributed by atoms with Crippen LogP contribution in [0.1, 0.15) is 55.6 Å². The summed E-state index contributed by atoms with van der Waals surface area (Å²) in [5.41, 5.74) is 6.80. The topological polar surface area (TPSA) is 90.9 Å². The SMILES string of the molecule is COc1ccc(C(NCCN)c2nnnn2C2CCCCC2)cc1. The number of rotatable bonds is 7. The number of nitrogens with two attached hydrogens (primary N) is 1. The number of ether oxygens (including phenoxy) is 1. The number of nitrogens with one attached hydrogen (secondary N) is 1. The van der Waals surface area contributed by atoms with Gasteiger partial charge >= 0.3 is 0 Å². The van der Waals surface area contributed by atoms with Crippen LogP contribution in [0.2, 0.25) is 0 Å². The van der Waals surface area contributed by atoms with Crippen molar-refractivity contribution in [3.05, 3.63) is 35.7 Å². The summed E-state index contributed by atoms with van der Waals surface area (Å²) >= 11 is 0. The average molecular weight is 330 g/mol. The molecule has 1 aliphatic carbocycles. The van der Waals surface area contributed by atoms with Gasteiger partial charge in [-0.2, -0.15) is 0 Å². The minimum absolute atomic E-state index is 0.0728. The van der Waals surface area contributed by atoms with Crippen molar-refractivity contribution in [2.24, 2.45) is 5.73 Å². The van der Waals surface area contributed by atoms with Crippen molar-refractivity contribution >= 4 is 0 Å². The van der Waals surface area contributed by atoms with E-state index >= 15 is 0 Å². The van der Waals surface area contributed by atoms with Crippen LogP contribution in [-0.4, -0.2) is 40.4 Å². The van der Waals surface area contributed by atoms with E-state index in [1.54, 1.807) is 7.11 Å². The fraction of sp³-hybridized carbons (Fsp3) is 0.588. The van der Waals surface area contributed by atoms with E-state index in [1.165, 1.54) is 19.3 Å². The summed E-state index contributed by atoms with van der Waals surface area (Å²) in [6, 6.07) is 8.34. The Labute approximate surface area is 142 Å². The third kappa shape index (κ3) is 3.73. The summed E-state index contributed by atoms with van der Waals surface area (Å²) < 4.78 is 7.27. The largest absolute Gasteiger partial charge is 0.497 e. The van der Waals surface area contributed by atoms with Crippen LogP contribution in [0.5, 0.6) is 5.75 Å². The standard InChI is InChI=1S/C17H26N6O/c1-24-15-9-7-13(8-10-15)16(19-12-11-18)17-20-21-22-23(17)14-5-3-2-4-6-14/h7-10,14,16,19H,2-6,11-12,18H2,1H3. The molecular weight excluding hydrogens is 304 g/mol. The Morgan fingerprint density at radius 3 is 2.67 bits per heavy atom. The van der Waals surface area contributed by atoms with Gasteiger partial charge in [0.25, 0.3) is 0 Å². The Bertz CT molecular complexity index is 620. The van der Waals surface area contributed by atoms with Gasteiger partial charge in [0.15, 0.2) is 5.82 Å². The normalized spacial score (nSPS) is 16.9. The fourth-order valence-electron chi connectivity index (χ4n) is 3.36. The quantitative estimate of drug-likeness (QED) is 0.805. The highest BCUT2D eigenvalue weighted by atomic mass is 16.5. The number of tetrazole rings is 1. The van der Waals surface area contributed by atoms with E-state index in [-0.39, 0.29) is 6.04 Å². The van der Waals surface area contributed by atoms with Crippen molar-refractivity contribution in [2.75, 3.05) is 20.2 Å². The lowest BCUT2D eigenvalue weighted by Crippen LogP contribution is -2.31. The van der Waals surface area contributed by atoms with Gasteiger partial charge in [-0.15, -0.1) is 5.10 Å². The summed E-state index contributed by atoms with van der Waals surface area (Å²) in [5, 5.41) is 16.0. The van der Waals surface area contributed by atoms with Crippen molar-refractivity contribution in [2.45, 2.75) is 44.2 Å². The number of benzene rings is 1. The summed E-state index contributed by atoms with van der Waals surface area (Å²) in [5.74, 6) is 1.70. The van der Waals surface area contributed by atoms with E-state index in [9.17, 15) is 0 Å². The first-order chi connectivity index (χ1) is 11.8. The Kier molecular flexibility index (Phi) is 5.77. The van der Waals surface area contributed by atoms with Crippen molar-refractivity contribution in [1.82, 2.24) is 25.5 Å². The number of methoxy groups -OCH3 is 1. The van der Waals surface area contributed by atoms with Gasteiger partial charge in [-0.1, -0.05) is 31.4 Å². The second-order valence-electron chi connectivity index (χ2n) is 6.22. The molecule has 1 saturated carbocycles. The number of nitrogens with zero attached hydrogens (tertiary/aromatic N) is 4. The molecule has 0 spiro atoms. The first-order valence-electron chi connectivity index (χ1n) is 8.68. The van der Waals surface area contributed by atoms with Crippen molar-refractivity contribution < 1.29 is 4.74 Å². The molecule has 0 radical (unpaired) electrons. The summed E-state index contributed by atoms with van der Waals surface area (Å²) in [4.78, 5) is 0. The molecule has 1 aliphatic rings. The van der Waals surface area contributed by atoms with Crippen molar-refractivity contribution in [3.63, 3.8) is 0 Å². The minimum atomic E-state index is -0.0728. The molecule has 130 valence electrons. The van der Waals surface area contributed by atoms with E-state index in [0.29, 0.717) is 19.1 Å². The molecule has 1 aromatic carbocycles. The van der Waals surface area contributed by atoms with Crippen LogP contribution in [0.4, 0.5) is 0 Å². The maximum Gasteiger partial charge on any atom is 0.173 e. The second-order valence-corrected chi connectivity index (χ2v) is 6.22. The molecule has 3 rings (SSSR count). The molecular formula is C17H26N6O. The lowest BCUT2D eigenvalue weighted by Gasteiger charge is -2.25. The molecule has 1 atom stereocenters. The van der Waals surface area contributed by atoms with Crippen molar-refractivity contribution in [1.29, 1.82) is 0 Å². The molecule has 24 heavy (non-hydrogen) atoms. The molecule has 0 saturated heterocycles. The van der Waals surface area contributed by atoms with E-state index < -0.39 is 0 Å². The van der Waals surface area contributed by atoms with Gasteiger partial charge in [-0.25, -0.2) is 4.68 Å². The van der Waals surface area contributed by atoms with E-state index in [4.69, 9.17) is 10.5 Å². The molecule has 1 heterocycles. The predicted molar refractivity (Wildman–Crippen MR) is 91.8 cm³/mol. The second kappa shape index (κ2) is 8.21. The van der Waals surface area contributed by atoms with Crippen LogP contribution >= 0.6 is 0 Å². The maximum absolute atomic E-state index is 5.69. The van der Waals surface area contributed by atoms with Gasteiger partial charge in [-0.3, -0.25) is 0 Å². The number of aromatic nitrogens is 4. The van der Waals surface area contributed by atoms with Crippen LogP contribution < -0.4 is 15.8 Å². The van der Waals surface area contributed by atoms with Crippen molar-refractivity contribution in [3.8, 4) is 5.75 Å². The van der Waals surface area contributed by atoms with Gasteiger partial charge in [-0.05, 0) is 41.0 Å². The van der Waals surface area contributed by atoms with Gasteiger partial charge in [0, 0.05) is 13.1 Å². The highest BCUT2D eigenvalue weighted by Crippen LogP contribution is 2.31. The zero-order chi connectivity index (χ0) is 16.8. The molecule has 7 heteroatoms. The molecule has 1 unspecified atom stereocenters. The van der Waals surface area contributed by atoms with E-state index in [0.717, 1.165) is 30.0 Å². The molecule has 1 fully saturated rings. The first-order valence-corrected chi connectivity index (χ1v) is 8.68. The summed E-state index contributed by atoms with van der Waals surface area (Å²) in [6.07, 6.45) is 6.08. The summed E-state index contributed by atoms with van der Waals surface area (Å²) in [7, 11) is 1.67. The minimum Gasteiger partial charge on any atom is -0.497 e. The zero-order valence-corrected chi connectivity index (χ0v) is 14.2. The number of hydrogen-bond donors (Lipinski definition) is 2. The Morgan fingerprint density at radius 1 is 1.25 bits per heavy atom. The molecule has 2 aromatic rings. The van der Waals surface area contributed by atoms with Crippen LogP contribution in [0.3, 0.4) is 0 Å². The highest BCUT2D eigenvalue weighted by Gasteiger charge is 2.26. The van der Waals surface area contributed by atoms with E-state index in [1.807, 2.05) is 28.9 Å². The molecule has 0 aliphatic heterocycles. The lowest BCUT2D eigenvalue weighted by molar-refractivity contribution is 0.311.